The summed E-state index contributed by atoms with van der Waals surface area (Å²) < 4.78 is 1.94. The van der Waals surface area contributed by atoms with Crippen molar-refractivity contribution >= 4 is 21.6 Å². The number of anilines is 1. The lowest BCUT2D eigenvalue weighted by atomic mass is 9.90. The van der Waals surface area contributed by atoms with Gasteiger partial charge in [0.15, 0.2) is 0 Å². The van der Waals surface area contributed by atoms with Gasteiger partial charge in [0.1, 0.15) is 4.47 Å². The van der Waals surface area contributed by atoms with Crippen LogP contribution in [0, 0.1) is 0 Å². The third kappa shape index (κ3) is 3.00. The summed E-state index contributed by atoms with van der Waals surface area (Å²) in [6.07, 6.45) is 6.03. The van der Waals surface area contributed by atoms with Gasteiger partial charge >= 0.3 is 0 Å². The smallest absolute Gasteiger partial charge is 0.282 e. The Hall–Kier alpha value is -0.880. The predicted molar refractivity (Wildman–Crippen MR) is 80.4 cm³/mol. The van der Waals surface area contributed by atoms with Crippen molar-refractivity contribution in [1.29, 1.82) is 0 Å². The van der Waals surface area contributed by atoms with Crippen molar-refractivity contribution in [2.75, 3.05) is 11.4 Å². The molecule has 0 atom stereocenters. The van der Waals surface area contributed by atoms with Gasteiger partial charge in [-0.05, 0) is 48.5 Å². The number of hydrogen-bond acceptors (Lipinski definition) is 4. The van der Waals surface area contributed by atoms with E-state index in [0.29, 0.717) is 16.6 Å². The summed E-state index contributed by atoms with van der Waals surface area (Å²) in [5.74, 6) is 0. The Labute approximate surface area is 121 Å². The molecule has 1 aliphatic carbocycles. The standard InChI is InChI=1S/C13H21BrN4O/c1-3-18(10-6-4-9(15)5-7-10)11-8-16-17(2)13(19)12(11)14/h8-10H,3-7,15H2,1-2H3. The molecule has 0 aliphatic heterocycles. The van der Waals surface area contributed by atoms with Crippen molar-refractivity contribution in [3.8, 4) is 0 Å². The summed E-state index contributed by atoms with van der Waals surface area (Å²) in [7, 11) is 1.66. The summed E-state index contributed by atoms with van der Waals surface area (Å²) in [4.78, 5) is 14.2. The van der Waals surface area contributed by atoms with Crippen LogP contribution in [0.2, 0.25) is 0 Å². The Balaban J connectivity index is 2.27. The van der Waals surface area contributed by atoms with E-state index in [-0.39, 0.29) is 5.56 Å². The van der Waals surface area contributed by atoms with Crippen molar-refractivity contribution in [3.05, 3.63) is 21.0 Å². The summed E-state index contributed by atoms with van der Waals surface area (Å²) in [6.45, 7) is 2.98. The van der Waals surface area contributed by atoms with Gasteiger partial charge in [-0.1, -0.05) is 0 Å². The number of aryl methyl sites for hydroxylation is 1. The molecule has 1 aromatic heterocycles. The fraction of sp³-hybridized carbons (Fsp3) is 0.692. The number of halogens is 1. The number of nitrogens with zero attached hydrogens (tertiary/aromatic N) is 3. The molecular weight excluding hydrogens is 308 g/mol. The molecule has 0 bridgehead atoms. The average molecular weight is 329 g/mol. The minimum absolute atomic E-state index is 0.0940. The van der Waals surface area contributed by atoms with E-state index >= 15 is 0 Å². The highest BCUT2D eigenvalue weighted by molar-refractivity contribution is 9.10. The lowest BCUT2D eigenvalue weighted by Crippen LogP contribution is -2.42. The van der Waals surface area contributed by atoms with Crippen LogP contribution in [0.25, 0.3) is 0 Å². The van der Waals surface area contributed by atoms with Gasteiger partial charge in [0.25, 0.3) is 5.56 Å². The van der Waals surface area contributed by atoms with Gasteiger partial charge < -0.3 is 10.6 Å². The maximum Gasteiger partial charge on any atom is 0.282 e. The Morgan fingerprint density at radius 1 is 1.47 bits per heavy atom. The highest BCUT2D eigenvalue weighted by atomic mass is 79.9. The third-order valence-corrected chi connectivity index (χ3v) is 4.64. The van der Waals surface area contributed by atoms with Crippen molar-refractivity contribution in [3.63, 3.8) is 0 Å². The van der Waals surface area contributed by atoms with Gasteiger partial charge in [0, 0.05) is 25.7 Å². The molecule has 0 amide bonds. The quantitative estimate of drug-likeness (QED) is 0.916. The maximum atomic E-state index is 12.0. The summed E-state index contributed by atoms with van der Waals surface area (Å²) in [5.41, 5.74) is 6.76. The molecule has 0 radical (unpaired) electrons. The number of rotatable bonds is 3. The van der Waals surface area contributed by atoms with Crippen LogP contribution in [-0.2, 0) is 7.05 Å². The Bertz CT molecular complexity index is 494. The second-order valence-electron chi connectivity index (χ2n) is 5.13. The normalized spacial score (nSPS) is 23.4. The average Bonchev–Trinajstić information content (AvgIpc) is 2.41. The molecule has 106 valence electrons. The lowest BCUT2D eigenvalue weighted by Gasteiger charge is -2.37. The summed E-state index contributed by atoms with van der Waals surface area (Å²) in [6, 6.07) is 0.787. The molecule has 2 N–H and O–H groups in total. The fourth-order valence-corrected chi connectivity index (χ4v) is 3.33. The van der Waals surface area contributed by atoms with Crippen LogP contribution in [0.5, 0.6) is 0 Å². The Morgan fingerprint density at radius 3 is 2.68 bits per heavy atom. The fourth-order valence-electron chi connectivity index (χ4n) is 2.74. The van der Waals surface area contributed by atoms with E-state index in [9.17, 15) is 4.79 Å². The topological polar surface area (TPSA) is 64.2 Å². The van der Waals surface area contributed by atoms with E-state index in [1.807, 2.05) is 0 Å². The number of aromatic nitrogens is 2. The monoisotopic (exact) mass is 328 g/mol. The van der Waals surface area contributed by atoms with Crippen LogP contribution in [0.15, 0.2) is 15.5 Å². The predicted octanol–water partition coefficient (Wildman–Crippen LogP) is 1.64. The molecule has 0 unspecified atom stereocenters. The first-order chi connectivity index (χ1) is 9.04. The van der Waals surface area contributed by atoms with Crippen LogP contribution in [-0.4, -0.2) is 28.4 Å². The van der Waals surface area contributed by atoms with E-state index in [2.05, 4.69) is 32.9 Å². The molecule has 1 aliphatic rings. The van der Waals surface area contributed by atoms with Crippen LogP contribution in [0.1, 0.15) is 32.6 Å². The van der Waals surface area contributed by atoms with Gasteiger partial charge in [-0.25, -0.2) is 4.68 Å². The first-order valence-corrected chi connectivity index (χ1v) is 7.58. The molecule has 0 spiro atoms. The van der Waals surface area contributed by atoms with Gasteiger partial charge in [0.05, 0.1) is 11.9 Å². The largest absolute Gasteiger partial charge is 0.366 e. The molecule has 5 nitrogen and oxygen atoms in total. The van der Waals surface area contributed by atoms with E-state index in [0.717, 1.165) is 37.9 Å². The number of hydrogen-bond donors (Lipinski definition) is 1. The first kappa shape index (κ1) is 14.5. The minimum Gasteiger partial charge on any atom is -0.366 e. The zero-order valence-electron chi connectivity index (χ0n) is 11.5. The molecule has 1 aromatic rings. The molecular formula is C13H21BrN4O. The molecule has 1 heterocycles. The van der Waals surface area contributed by atoms with Gasteiger partial charge in [-0.2, -0.15) is 5.10 Å². The van der Waals surface area contributed by atoms with E-state index in [1.165, 1.54) is 4.68 Å². The summed E-state index contributed by atoms with van der Waals surface area (Å²) >= 11 is 3.41. The lowest BCUT2D eigenvalue weighted by molar-refractivity contribution is 0.377. The molecule has 2 rings (SSSR count). The minimum atomic E-state index is -0.0940. The molecule has 19 heavy (non-hydrogen) atoms. The van der Waals surface area contributed by atoms with Gasteiger partial charge in [-0.3, -0.25) is 4.79 Å². The zero-order valence-corrected chi connectivity index (χ0v) is 13.1. The van der Waals surface area contributed by atoms with Crippen LogP contribution in [0.3, 0.4) is 0 Å². The van der Waals surface area contributed by atoms with E-state index < -0.39 is 0 Å². The molecule has 6 heteroatoms. The highest BCUT2D eigenvalue weighted by Gasteiger charge is 2.25. The molecule has 0 aromatic carbocycles. The summed E-state index contributed by atoms with van der Waals surface area (Å²) in [5, 5.41) is 4.13. The molecule has 0 saturated heterocycles. The van der Waals surface area contributed by atoms with Crippen molar-refractivity contribution < 1.29 is 0 Å². The third-order valence-electron chi connectivity index (χ3n) is 3.89. The first-order valence-electron chi connectivity index (χ1n) is 6.78. The Morgan fingerprint density at radius 2 is 2.11 bits per heavy atom. The second-order valence-corrected chi connectivity index (χ2v) is 5.92. The molecule has 1 saturated carbocycles. The maximum absolute atomic E-state index is 12.0. The van der Waals surface area contributed by atoms with Crippen LogP contribution in [0.4, 0.5) is 5.69 Å². The van der Waals surface area contributed by atoms with Crippen LogP contribution < -0.4 is 16.2 Å². The SMILES string of the molecule is CCN(c1cnn(C)c(=O)c1Br)C1CCC(N)CC1. The van der Waals surface area contributed by atoms with Crippen molar-refractivity contribution in [1.82, 2.24) is 9.78 Å². The number of nitrogens with two attached hydrogens (primary N) is 1. The van der Waals surface area contributed by atoms with E-state index in [4.69, 9.17) is 5.73 Å². The van der Waals surface area contributed by atoms with E-state index in [1.54, 1.807) is 13.2 Å². The zero-order chi connectivity index (χ0) is 14.0. The van der Waals surface area contributed by atoms with Crippen molar-refractivity contribution in [2.45, 2.75) is 44.7 Å². The van der Waals surface area contributed by atoms with Gasteiger partial charge in [-0.15, -0.1) is 0 Å². The Kier molecular flexibility index (Phi) is 4.62. The van der Waals surface area contributed by atoms with Gasteiger partial charge in [0.2, 0.25) is 0 Å². The molecule has 1 fully saturated rings. The highest BCUT2D eigenvalue weighted by Crippen LogP contribution is 2.29. The van der Waals surface area contributed by atoms with Crippen molar-refractivity contribution in [2.24, 2.45) is 12.8 Å². The van der Waals surface area contributed by atoms with Crippen LogP contribution >= 0.6 is 15.9 Å². The second kappa shape index (κ2) is 6.05.